The Morgan fingerprint density at radius 2 is 1.59 bits per heavy atom. The van der Waals surface area contributed by atoms with Crippen molar-refractivity contribution in [3.05, 3.63) is 70.2 Å². The first kappa shape index (κ1) is 23.9. The van der Waals surface area contributed by atoms with E-state index in [1.54, 1.807) is 7.05 Å². The summed E-state index contributed by atoms with van der Waals surface area (Å²) in [5, 5.41) is 7.50. The normalized spacial score (nSPS) is 14.9. The molecule has 0 radical (unpaired) electrons. The summed E-state index contributed by atoms with van der Waals surface area (Å²) in [5.41, 5.74) is 3.84. The quantitative estimate of drug-likeness (QED) is 0.327. The van der Waals surface area contributed by atoms with Gasteiger partial charge in [0.2, 0.25) is 0 Å². The summed E-state index contributed by atoms with van der Waals surface area (Å²) >= 11 is 5.92. The molecule has 7 heteroatoms. The second kappa shape index (κ2) is 13.1. The lowest BCUT2D eigenvalue weighted by atomic mass is 10.1. The van der Waals surface area contributed by atoms with E-state index < -0.39 is 0 Å². The van der Waals surface area contributed by atoms with Crippen LogP contribution in [0.5, 0.6) is 0 Å². The summed E-state index contributed by atoms with van der Waals surface area (Å²) in [6.45, 7) is 6.27. The predicted octanol–water partition coefficient (Wildman–Crippen LogP) is 3.70. The number of morpholine rings is 1. The van der Waals surface area contributed by atoms with Crippen LogP contribution in [0.1, 0.15) is 16.7 Å². The molecule has 0 bridgehead atoms. The molecular weight excluding hydrogens is 499 g/mol. The summed E-state index contributed by atoms with van der Waals surface area (Å²) in [6.07, 6.45) is 0.925. The van der Waals surface area contributed by atoms with Crippen molar-refractivity contribution in [1.29, 1.82) is 0 Å². The van der Waals surface area contributed by atoms with Crippen LogP contribution >= 0.6 is 35.6 Å². The van der Waals surface area contributed by atoms with Crippen molar-refractivity contribution in [3.63, 3.8) is 0 Å². The molecule has 0 spiro atoms. The third kappa shape index (κ3) is 8.50. The molecule has 1 heterocycles. The molecule has 1 aliphatic rings. The number of benzene rings is 2. The van der Waals surface area contributed by atoms with Gasteiger partial charge in [0.15, 0.2) is 5.96 Å². The topological polar surface area (TPSA) is 48.9 Å². The SMILES string of the molecule is CN=C(NCCc1ccc(Cl)cc1)NCc1ccc(CN2CCOCC2)cc1.I. The Hall–Kier alpha value is -1.35. The molecule has 0 unspecified atom stereocenters. The monoisotopic (exact) mass is 528 g/mol. The smallest absolute Gasteiger partial charge is 0.191 e. The number of guanidine groups is 1. The van der Waals surface area contributed by atoms with Crippen LogP contribution in [0.25, 0.3) is 0 Å². The molecule has 0 aromatic heterocycles. The molecule has 2 aromatic rings. The molecule has 0 atom stereocenters. The maximum atomic E-state index is 5.92. The summed E-state index contributed by atoms with van der Waals surface area (Å²) in [6, 6.07) is 16.7. The van der Waals surface area contributed by atoms with Gasteiger partial charge in [-0.1, -0.05) is 48.0 Å². The molecule has 0 saturated carbocycles. The number of ether oxygens (including phenoxy) is 1. The number of nitrogens with one attached hydrogen (secondary N) is 2. The zero-order valence-corrected chi connectivity index (χ0v) is 20.0. The molecule has 158 valence electrons. The maximum absolute atomic E-state index is 5.92. The van der Waals surface area contributed by atoms with Crippen molar-refractivity contribution >= 4 is 41.5 Å². The highest BCUT2D eigenvalue weighted by Crippen LogP contribution is 2.10. The van der Waals surface area contributed by atoms with Gasteiger partial charge in [0.05, 0.1) is 13.2 Å². The van der Waals surface area contributed by atoms with E-state index in [0.29, 0.717) is 0 Å². The predicted molar refractivity (Wildman–Crippen MR) is 131 cm³/mol. The van der Waals surface area contributed by atoms with E-state index in [-0.39, 0.29) is 24.0 Å². The van der Waals surface area contributed by atoms with Crippen LogP contribution in [0.3, 0.4) is 0 Å². The van der Waals surface area contributed by atoms with E-state index in [0.717, 1.165) is 63.3 Å². The van der Waals surface area contributed by atoms with Gasteiger partial charge >= 0.3 is 0 Å². The van der Waals surface area contributed by atoms with Crippen LogP contribution in [0.15, 0.2) is 53.5 Å². The van der Waals surface area contributed by atoms with Gasteiger partial charge in [-0.05, 0) is 35.2 Å². The number of hydrogen-bond acceptors (Lipinski definition) is 3. The van der Waals surface area contributed by atoms with E-state index >= 15 is 0 Å². The van der Waals surface area contributed by atoms with Gasteiger partial charge in [-0.25, -0.2) is 0 Å². The second-order valence-electron chi connectivity index (χ2n) is 6.93. The number of hydrogen-bond donors (Lipinski definition) is 2. The molecule has 1 saturated heterocycles. The molecule has 2 aromatic carbocycles. The minimum atomic E-state index is 0. The first-order valence-electron chi connectivity index (χ1n) is 9.80. The van der Waals surface area contributed by atoms with Gasteiger partial charge in [-0.3, -0.25) is 9.89 Å². The van der Waals surface area contributed by atoms with Crippen LogP contribution in [-0.4, -0.2) is 50.8 Å². The van der Waals surface area contributed by atoms with Crippen LogP contribution in [0.2, 0.25) is 5.02 Å². The van der Waals surface area contributed by atoms with E-state index in [9.17, 15) is 0 Å². The van der Waals surface area contributed by atoms with Crippen LogP contribution in [0.4, 0.5) is 0 Å². The Kier molecular flexibility index (Phi) is 10.8. The Morgan fingerprint density at radius 3 is 2.24 bits per heavy atom. The lowest BCUT2D eigenvalue weighted by molar-refractivity contribution is 0.0342. The van der Waals surface area contributed by atoms with Crippen molar-refractivity contribution in [2.75, 3.05) is 39.9 Å². The largest absolute Gasteiger partial charge is 0.379 e. The summed E-state index contributed by atoms with van der Waals surface area (Å²) in [5.74, 6) is 0.811. The molecule has 3 rings (SSSR count). The summed E-state index contributed by atoms with van der Waals surface area (Å²) < 4.78 is 5.41. The minimum absolute atomic E-state index is 0. The lowest BCUT2D eigenvalue weighted by Crippen LogP contribution is -2.37. The van der Waals surface area contributed by atoms with Gasteiger partial charge < -0.3 is 15.4 Å². The number of aliphatic imine (C=N–C) groups is 1. The third-order valence-corrected chi connectivity index (χ3v) is 5.09. The van der Waals surface area contributed by atoms with Gasteiger partial charge in [-0.15, -0.1) is 24.0 Å². The first-order chi connectivity index (χ1) is 13.7. The Bertz CT molecular complexity index is 746. The second-order valence-corrected chi connectivity index (χ2v) is 7.37. The highest BCUT2D eigenvalue weighted by Gasteiger charge is 2.10. The van der Waals surface area contributed by atoms with Gasteiger partial charge in [0.25, 0.3) is 0 Å². The van der Waals surface area contributed by atoms with E-state index in [4.69, 9.17) is 16.3 Å². The van der Waals surface area contributed by atoms with E-state index in [1.165, 1.54) is 16.7 Å². The van der Waals surface area contributed by atoms with Gasteiger partial charge in [0, 0.05) is 44.8 Å². The van der Waals surface area contributed by atoms with Crippen molar-refractivity contribution in [2.24, 2.45) is 4.99 Å². The Labute approximate surface area is 195 Å². The average molecular weight is 529 g/mol. The van der Waals surface area contributed by atoms with Crippen molar-refractivity contribution in [1.82, 2.24) is 15.5 Å². The molecule has 2 N–H and O–H groups in total. The fourth-order valence-corrected chi connectivity index (χ4v) is 3.29. The molecule has 29 heavy (non-hydrogen) atoms. The molecule has 1 aliphatic heterocycles. The first-order valence-corrected chi connectivity index (χ1v) is 10.2. The molecular formula is C22H30ClIN4O. The fourth-order valence-electron chi connectivity index (χ4n) is 3.16. The molecule has 0 aliphatic carbocycles. The summed E-state index contributed by atoms with van der Waals surface area (Å²) in [4.78, 5) is 6.73. The van der Waals surface area contributed by atoms with Crippen LogP contribution < -0.4 is 10.6 Å². The van der Waals surface area contributed by atoms with E-state index in [2.05, 4.69) is 56.9 Å². The van der Waals surface area contributed by atoms with Crippen LogP contribution in [-0.2, 0) is 24.2 Å². The Morgan fingerprint density at radius 1 is 0.966 bits per heavy atom. The number of rotatable bonds is 7. The van der Waals surface area contributed by atoms with Crippen molar-refractivity contribution in [2.45, 2.75) is 19.5 Å². The van der Waals surface area contributed by atoms with Crippen molar-refractivity contribution < 1.29 is 4.74 Å². The Balaban J connectivity index is 0.00000300. The maximum Gasteiger partial charge on any atom is 0.191 e. The van der Waals surface area contributed by atoms with E-state index in [1.807, 2.05) is 12.1 Å². The summed E-state index contributed by atoms with van der Waals surface area (Å²) in [7, 11) is 1.79. The van der Waals surface area contributed by atoms with Gasteiger partial charge in [0.1, 0.15) is 0 Å². The zero-order chi connectivity index (χ0) is 19.6. The fraction of sp³-hybridized carbons (Fsp3) is 0.409. The molecule has 1 fully saturated rings. The zero-order valence-electron chi connectivity index (χ0n) is 16.9. The molecule has 0 amide bonds. The minimum Gasteiger partial charge on any atom is -0.379 e. The lowest BCUT2D eigenvalue weighted by Gasteiger charge is -2.26. The number of halogens is 2. The van der Waals surface area contributed by atoms with Gasteiger partial charge in [-0.2, -0.15) is 0 Å². The number of nitrogens with zero attached hydrogens (tertiary/aromatic N) is 2. The third-order valence-electron chi connectivity index (χ3n) is 4.84. The van der Waals surface area contributed by atoms with Crippen molar-refractivity contribution in [3.8, 4) is 0 Å². The average Bonchev–Trinajstić information content (AvgIpc) is 2.74. The molecule has 5 nitrogen and oxygen atoms in total. The van der Waals surface area contributed by atoms with Crippen LogP contribution in [0, 0.1) is 0 Å². The highest BCUT2D eigenvalue weighted by molar-refractivity contribution is 14.0. The standard InChI is InChI=1S/C22H29ClN4O.HI/c1-24-22(25-11-10-18-6-8-21(23)9-7-18)26-16-19-2-4-20(5-3-19)17-27-12-14-28-15-13-27;/h2-9H,10-17H2,1H3,(H2,24,25,26);1H. The highest BCUT2D eigenvalue weighted by atomic mass is 127.